The number of pyridine rings is 1. The Bertz CT molecular complexity index is 732. The summed E-state index contributed by atoms with van der Waals surface area (Å²) >= 11 is 0. The number of aryl methyl sites for hydroxylation is 1. The quantitative estimate of drug-likeness (QED) is 0.568. The SMILES string of the molecule is Cn1c2ccc(C#N)cc2c2cccnc21. The monoisotopic (exact) mass is 207 g/mol. The zero-order valence-corrected chi connectivity index (χ0v) is 8.81. The molecule has 0 spiro atoms. The first-order valence-electron chi connectivity index (χ1n) is 5.04. The maximum atomic E-state index is 8.90. The molecule has 0 aliphatic heterocycles. The summed E-state index contributed by atoms with van der Waals surface area (Å²) in [6.45, 7) is 0. The summed E-state index contributed by atoms with van der Waals surface area (Å²) in [5.74, 6) is 0. The van der Waals surface area contributed by atoms with Crippen LogP contribution in [0.4, 0.5) is 0 Å². The van der Waals surface area contributed by atoms with Crippen molar-refractivity contribution in [3.8, 4) is 6.07 Å². The summed E-state index contributed by atoms with van der Waals surface area (Å²) < 4.78 is 2.05. The first-order chi connectivity index (χ1) is 7.81. The van der Waals surface area contributed by atoms with Crippen molar-refractivity contribution < 1.29 is 0 Å². The molecule has 0 unspecified atom stereocenters. The number of aromatic nitrogens is 2. The molecule has 16 heavy (non-hydrogen) atoms. The van der Waals surface area contributed by atoms with E-state index in [4.69, 9.17) is 5.26 Å². The van der Waals surface area contributed by atoms with Gasteiger partial charge in [-0.25, -0.2) is 4.98 Å². The molecule has 3 nitrogen and oxygen atoms in total. The lowest BCUT2D eigenvalue weighted by Crippen LogP contribution is -1.88. The van der Waals surface area contributed by atoms with Gasteiger partial charge in [-0.1, -0.05) is 0 Å². The van der Waals surface area contributed by atoms with Gasteiger partial charge < -0.3 is 4.57 Å². The minimum Gasteiger partial charge on any atom is -0.328 e. The van der Waals surface area contributed by atoms with Gasteiger partial charge in [0.25, 0.3) is 0 Å². The third-order valence-corrected chi connectivity index (χ3v) is 2.88. The van der Waals surface area contributed by atoms with Gasteiger partial charge >= 0.3 is 0 Å². The zero-order valence-electron chi connectivity index (χ0n) is 8.81. The molecule has 76 valence electrons. The van der Waals surface area contributed by atoms with Gasteiger partial charge in [-0.15, -0.1) is 0 Å². The van der Waals surface area contributed by atoms with Gasteiger partial charge in [-0.2, -0.15) is 5.26 Å². The Morgan fingerprint density at radius 3 is 2.94 bits per heavy atom. The molecule has 0 radical (unpaired) electrons. The van der Waals surface area contributed by atoms with Crippen LogP contribution in [0.2, 0.25) is 0 Å². The molecule has 0 fully saturated rings. The van der Waals surface area contributed by atoms with Crippen molar-refractivity contribution in [2.75, 3.05) is 0 Å². The molecule has 0 N–H and O–H groups in total. The molecule has 3 heteroatoms. The van der Waals surface area contributed by atoms with E-state index in [9.17, 15) is 0 Å². The van der Waals surface area contributed by atoms with Gasteiger partial charge in [0.1, 0.15) is 5.65 Å². The molecule has 0 aliphatic carbocycles. The van der Waals surface area contributed by atoms with Crippen LogP contribution in [-0.2, 0) is 7.05 Å². The van der Waals surface area contributed by atoms with E-state index in [-0.39, 0.29) is 0 Å². The second-order valence-corrected chi connectivity index (χ2v) is 3.78. The summed E-state index contributed by atoms with van der Waals surface area (Å²) in [4.78, 5) is 4.35. The fourth-order valence-corrected chi connectivity index (χ4v) is 2.10. The van der Waals surface area contributed by atoms with Gasteiger partial charge in [0.2, 0.25) is 0 Å². The lowest BCUT2D eigenvalue weighted by atomic mass is 10.1. The Hall–Kier alpha value is -2.34. The van der Waals surface area contributed by atoms with Gasteiger partial charge in [-0.3, -0.25) is 0 Å². The number of fused-ring (bicyclic) bond motifs is 3. The predicted molar refractivity (Wildman–Crippen MR) is 62.9 cm³/mol. The van der Waals surface area contributed by atoms with Crippen molar-refractivity contribution in [3.63, 3.8) is 0 Å². The topological polar surface area (TPSA) is 41.6 Å². The van der Waals surface area contributed by atoms with Crippen molar-refractivity contribution in [2.45, 2.75) is 0 Å². The maximum absolute atomic E-state index is 8.90. The number of benzene rings is 1. The molecule has 1 aromatic carbocycles. The van der Waals surface area contributed by atoms with Crippen LogP contribution in [0.25, 0.3) is 21.9 Å². The lowest BCUT2D eigenvalue weighted by Gasteiger charge is -1.95. The van der Waals surface area contributed by atoms with Crippen molar-refractivity contribution in [3.05, 3.63) is 42.1 Å². The molecule has 0 bridgehead atoms. The van der Waals surface area contributed by atoms with E-state index < -0.39 is 0 Å². The molecule has 0 aliphatic rings. The molecular formula is C13H9N3. The molecule has 2 heterocycles. The van der Waals surface area contributed by atoms with Crippen LogP contribution in [0.15, 0.2) is 36.5 Å². The van der Waals surface area contributed by atoms with Crippen LogP contribution < -0.4 is 0 Å². The van der Waals surface area contributed by atoms with E-state index in [0.717, 1.165) is 21.9 Å². The van der Waals surface area contributed by atoms with E-state index in [1.165, 1.54) is 0 Å². The lowest BCUT2D eigenvalue weighted by molar-refractivity contribution is 0.989. The van der Waals surface area contributed by atoms with Crippen LogP contribution in [0.5, 0.6) is 0 Å². The van der Waals surface area contributed by atoms with Gasteiger partial charge in [0, 0.05) is 24.0 Å². The summed E-state index contributed by atoms with van der Waals surface area (Å²) in [7, 11) is 1.99. The third kappa shape index (κ3) is 1.04. The summed E-state index contributed by atoms with van der Waals surface area (Å²) in [6.07, 6.45) is 1.78. The molecule has 0 amide bonds. The number of rotatable bonds is 0. The average molecular weight is 207 g/mol. The predicted octanol–water partition coefficient (Wildman–Crippen LogP) is 2.60. The number of nitrogens with zero attached hydrogens (tertiary/aromatic N) is 3. The second kappa shape index (κ2) is 3.07. The Morgan fingerprint density at radius 1 is 1.25 bits per heavy atom. The average Bonchev–Trinajstić information content (AvgIpc) is 2.64. The highest BCUT2D eigenvalue weighted by atomic mass is 15.0. The molecule has 0 saturated carbocycles. The molecule has 2 aromatic heterocycles. The van der Waals surface area contributed by atoms with Crippen molar-refractivity contribution in [2.24, 2.45) is 7.05 Å². The van der Waals surface area contributed by atoms with Crippen LogP contribution in [0.1, 0.15) is 5.56 Å². The van der Waals surface area contributed by atoms with Crippen molar-refractivity contribution in [1.29, 1.82) is 5.26 Å². The molecule has 0 atom stereocenters. The Balaban J connectivity index is 2.58. The highest BCUT2D eigenvalue weighted by molar-refractivity contribution is 6.06. The Morgan fingerprint density at radius 2 is 2.12 bits per heavy atom. The second-order valence-electron chi connectivity index (χ2n) is 3.78. The first kappa shape index (κ1) is 8.93. The number of nitriles is 1. The van der Waals surface area contributed by atoms with E-state index in [2.05, 4.69) is 11.1 Å². The van der Waals surface area contributed by atoms with Crippen LogP contribution in [-0.4, -0.2) is 9.55 Å². The fraction of sp³-hybridized carbons (Fsp3) is 0.0769. The van der Waals surface area contributed by atoms with Crippen LogP contribution >= 0.6 is 0 Å². The highest BCUT2D eigenvalue weighted by Crippen LogP contribution is 2.26. The first-order valence-corrected chi connectivity index (χ1v) is 5.04. The summed E-state index contributed by atoms with van der Waals surface area (Å²) in [5.41, 5.74) is 2.74. The minimum atomic E-state index is 0.684. The van der Waals surface area contributed by atoms with Gasteiger partial charge in [0.05, 0.1) is 17.1 Å². The fourth-order valence-electron chi connectivity index (χ4n) is 2.10. The maximum Gasteiger partial charge on any atom is 0.140 e. The van der Waals surface area contributed by atoms with Gasteiger partial charge in [-0.05, 0) is 30.3 Å². The highest BCUT2D eigenvalue weighted by Gasteiger charge is 2.08. The van der Waals surface area contributed by atoms with Gasteiger partial charge in [0.15, 0.2) is 0 Å². The Labute approximate surface area is 92.6 Å². The standard InChI is InChI=1S/C13H9N3/c1-16-12-5-4-9(8-14)7-11(12)10-3-2-6-15-13(10)16/h2-7H,1H3. The summed E-state index contributed by atoms with van der Waals surface area (Å²) in [5, 5.41) is 11.1. The minimum absolute atomic E-state index is 0.684. The largest absolute Gasteiger partial charge is 0.328 e. The number of hydrogen-bond acceptors (Lipinski definition) is 2. The number of hydrogen-bond donors (Lipinski definition) is 0. The van der Waals surface area contributed by atoms with Crippen LogP contribution in [0, 0.1) is 11.3 Å². The van der Waals surface area contributed by atoms with Crippen molar-refractivity contribution >= 4 is 21.9 Å². The smallest absolute Gasteiger partial charge is 0.140 e. The molecule has 0 saturated heterocycles. The van der Waals surface area contributed by atoms with Crippen LogP contribution in [0.3, 0.4) is 0 Å². The van der Waals surface area contributed by atoms with E-state index in [1.807, 2.05) is 41.9 Å². The molecule has 3 aromatic rings. The molecular weight excluding hydrogens is 198 g/mol. The van der Waals surface area contributed by atoms with E-state index in [0.29, 0.717) is 5.56 Å². The van der Waals surface area contributed by atoms with E-state index >= 15 is 0 Å². The van der Waals surface area contributed by atoms with Crippen molar-refractivity contribution in [1.82, 2.24) is 9.55 Å². The normalized spacial score (nSPS) is 10.8. The Kier molecular flexibility index (Phi) is 1.72. The van der Waals surface area contributed by atoms with E-state index in [1.54, 1.807) is 6.20 Å². The zero-order chi connectivity index (χ0) is 11.1. The third-order valence-electron chi connectivity index (χ3n) is 2.88. The molecule has 3 rings (SSSR count). The summed E-state index contributed by atoms with van der Waals surface area (Å²) in [6, 6.07) is 11.8.